The third-order valence-electron chi connectivity index (χ3n) is 4.98. The molecule has 0 unspecified atom stereocenters. The molecule has 3 rings (SSSR count). The summed E-state index contributed by atoms with van der Waals surface area (Å²) in [6.45, 7) is 6.74. The number of carbonyl (C=O) groups is 2. The van der Waals surface area contributed by atoms with Gasteiger partial charge in [0.2, 0.25) is 0 Å². The van der Waals surface area contributed by atoms with Crippen LogP contribution in [0.5, 0.6) is 0 Å². The Morgan fingerprint density at radius 3 is 2.40 bits per heavy atom. The van der Waals surface area contributed by atoms with Crippen molar-refractivity contribution in [2.75, 3.05) is 24.6 Å². The van der Waals surface area contributed by atoms with Gasteiger partial charge in [-0.3, -0.25) is 9.59 Å². The highest BCUT2D eigenvalue weighted by molar-refractivity contribution is 5.85. The van der Waals surface area contributed by atoms with Crippen LogP contribution in [0.15, 0.2) is 24.3 Å². The topological polar surface area (TPSA) is 105 Å². The van der Waals surface area contributed by atoms with Gasteiger partial charge < -0.3 is 14.4 Å². The van der Waals surface area contributed by atoms with Gasteiger partial charge in [-0.05, 0) is 45.7 Å². The number of piperidine rings is 1. The number of aromatic nitrogens is 2. The molecule has 1 aliphatic heterocycles. The first-order chi connectivity index (χ1) is 14.4. The van der Waals surface area contributed by atoms with Gasteiger partial charge in [-0.15, -0.1) is 0 Å². The number of carbonyl (C=O) groups excluding carboxylic acids is 2. The molecule has 0 bridgehead atoms. The normalized spacial score (nSPS) is 15.6. The lowest BCUT2D eigenvalue weighted by atomic mass is 9.96. The summed E-state index contributed by atoms with van der Waals surface area (Å²) in [6.07, 6.45) is 0.881. The summed E-state index contributed by atoms with van der Waals surface area (Å²) in [4.78, 5) is 36.0. The lowest BCUT2D eigenvalue weighted by molar-refractivity contribution is -0.149. The molecule has 0 saturated carbocycles. The Balaban J connectivity index is 1.95. The first kappa shape index (κ1) is 21.5. The number of fused-ring (bicyclic) bond motifs is 1. The number of ether oxygens (including phenoxy) is 2. The molecule has 2 aromatic rings. The van der Waals surface area contributed by atoms with Crippen LogP contribution in [0.25, 0.3) is 11.0 Å². The van der Waals surface area contributed by atoms with E-state index in [0.717, 1.165) is 0 Å². The Bertz CT molecular complexity index is 961. The molecule has 1 saturated heterocycles. The van der Waals surface area contributed by atoms with Crippen molar-refractivity contribution in [3.63, 3.8) is 0 Å². The molecule has 8 heteroatoms. The summed E-state index contributed by atoms with van der Waals surface area (Å²) in [5, 5.41) is 9.73. The SMILES string of the molecule is CCOC(=O)C1CCN(c2nc3ccccc3nc2[C@H](C#N)C(=O)OC(C)C)CC1. The second-order valence-corrected chi connectivity index (χ2v) is 7.48. The molecule has 1 aromatic heterocycles. The van der Waals surface area contributed by atoms with Crippen LogP contribution in [-0.2, 0) is 19.1 Å². The molecule has 0 spiro atoms. The van der Waals surface area contributed by atoms with E-state index in [-0.39, 0.29) is 23.7 Å². The first-order valence-corrected chi connectivity index (χ1v) is 10.2. The van der Waals surface area contributed by atoms with E-state index in [9.17, 15) is 14.9 Å². The molecule has 1 aromatic carbocycles. The molecule has 0 N–H and O–H groups in total. The summed E-state index contributed by atoms with van der Waals surface area (Å²) in [6, 6.07) is 9.37. The molecule has 1 aliphatic rings. The summed E-state index contributed by atoms with van der Waals surface area (Å²) >= 11 is 0. The minimum atomic E-state index is -1.18. The lowest BCUT2D eigenvalue weighted by Gasteiger charge is -2.33. The Hall–Kier alpha value is -3.21. The molecule has 2 heterocycles. The lowest BCUT2D eigenvalue weighted by Crippen LogP contribution is -2.38. The van der Waals surface area contributed by atoms with Crippen molar-refractivity contribution < 1.29 is 19.1 Å². The Kier molecular flexibility index (Phi) is 6.83. The molecule has 1 atom stereocenters. The maximum Gasteiger partial charge on any atom is 0.329 e. The molecule has 30 heavy (non-hydrogen) atoms. The predicted molar refractivity (Wildman–Crippen MR) is 111 cm³/mol. The largest absolute Gasteiger partial charge is 0.466 e. The predicted octanol–water partition coefficient (Wildman–Crippen LogP) is 2.97. The van der Waals surface area contributed by atoms with Crippen LogP contribution in [0, 0.1) is 17.2 Å². The molecule has 0 aliphatic carbocycles. The molecular weight excluding hydrogens is 384 g/mol. The fourth-order valence-corrected chi connectivity index (χ4v) is 3.54. The second-order valence-electron chi connectivity index (χ2n) is 7.48. The average Bonchev–Trinajstić information content (AvgIpc) is 2.73. The van der Waals surface area contributed by atoms with Crippen LogP contribution in [0.3, 0.4) is 0 Å². The highest BCUT2D eigenvalue weighted by Gasteiger charge is 2.33. The van der Waals surface area contributed by atoms with Crippen LogP contribution in [-0.4, -0.2) is 47.7 Å². The number of esters is 2. The Labute approximate surface area is 175 Å². The van der Waals surface area contributed by atoms with E-state index in [1.807, 2.05) is 29.2 Å². The Morgan fingerprint density at radius 1 is 1.20 bits per heavy atom. The molecule has 1 fully saturated rings. The van der Waals surface area contributed by atoms with Gasteiger partial charge in [0, 0.05) is 13.1 Å². The van der Waals surface area contributed by atoms with E-state index < -0.39 is 11.9 Å². The van der Waals surface area contributed by atoms with Crippen molar-refractivity contribution in [3.05, 3.63) is 30.0 Å². The highest BCUT2D eigenvalue weighted by atomic mass is 16.5. The van der Waals surface area contributed by atoms with Crippen LogP contribution in [0.2, 0.25) is 0 Å². The van der Waals surface area contributed by atoms with Crippen molar-refractivity contribution in [2.24, 2.45) is 5.92 Å². The summed E-state index contributed by atoms with van der Waals surface area (Å²) in [5.41, 5.74) is 1.57. The summed E-state index contributed by atoms with van der Waals surface area (Å²) < 4.78 is 10.4. The van der Waals surface area contributed by atoms with Crippen molar-refractivity contribution in [3.8, 4) is 6.07 Å². The maximum absolute atomic E-state index is 12.6. The van der Waals surface area contributed by atoms with Crippen LogP contribution in [0.4, 0.5) is 5.82 Å². The van der Waals surface area contributed by atoms with Crippen LogP contribution < -0.4 is 4.90 Å². The molecule has 0 radical (unpaired) electrons. The minimum Gasteiger partial charge on any atom is -0.466 e. The van der Waals surface area contributed by atoms with Crippen molar-refractivity contribution in [2.45, 2.75) is 45.6 Å². The second kappa shape index (κ2) is 9.53. The Morgan fingerprint density at radius 2 is 1.83 bits per heavy atom. The monoisotopic (exact) mass is 410 g/mol. The smallest absolute Gasteiger partial charge is 0.329 e. The highest BCUT2D eigenvalue weighted by Crippen LogP contribution is 2.31. The molecule has 0 amide bonds. The number of benzene rings is 1. The summed E-state index contributed by atoms with van der Waals surface area (Å²) in [7, 11) is 0. The van der Waals surface area contributed by atoms with E-state index in [4.69, 9.17) is 14.5 Å². The van der Waals surface area contributed by atoms with Gasteiger partial charge in [0.05, 0.1) is 35.7 Å². The van der Waals surface area contributed by atoms with Crippen LogP contribution >= 0.6 is 0 Å². The quantitative estimate of drug-likeness (QED) is 0.669. The van der Waals surface area contributed by atoms with E-state index >= 15 is 0 Å². The number of nitrogens with zero attached hydrogens (tertiary/aromatic N) is 4. The zero-order valence-corrected chi connectivity index (χ0v) is 17.5. The van der Waals surface area contributed by atoms with E-state index in [1.54, 1.807) is 26.8 Å². The number of hydrogen-bond donors (Lipinski definition) is 0. The third kappa shape index (κ3) is 4.67. The molecule has 158 valence electrons. The number of rotatable bonds is 6. The zero-order chi connectivity index (χ0) is 21.7. The number of hydrogen-bond acceptors (Lipinski definition) is 8. The maximum atomic E-state index is 12.6. The van der Waals surface area contributed by atoms with Crippen molar-refractivity contribution in [1.82, 2.24) is 9.97 Å². The van der Waals surface area contributed by atoms with Crippen LogP contribution in [0.1, 0.15) is 45.2 Å². The molecular formula is C22H26N4O4. The minimum absolute atomic E-state index is 0.157. The first-order valence-electron chi connectivity index (χ1n) is 10.2. The zero-order valence-electron chi connectivity index (χ0n) is 17.5. The van der Waals surface area contributed by atoms with Gasteiger partial charge in [0.15, 0.2) is 11.7 Å². The fourth-order valence-electron chi connectivity index (χ4n) is 3.54. The van der Waals surface area contributed by atoms with E-state index in [2.05, 4.69) is 4.98 Å². The van der Waals surface area contributed by atoms with E-state index in [0.29, 0.717) is 49.4 Å². The van der Waals surface area contributed by atoms with Gasteiger partial charge in [0.1, 0.15) is 5.69 Å². The van der Waals surface area contributed by atoms with Crippen molar-refractivity contribution >= 4 is 28.8 Å². The summed E-state index contributed by atoms with van der Waals surface area (Å²) in [5.74, 6) is -1.67. The average molecular weight is 410 g/mol. The number of para-hydroxylation sites is 2. The van der Waals surface area contributed by atoms with E-state index in [1.165, 1.54) is 0 Å². The standard InChI is InChI=1S/C22H26N4O4/c1-4-29-21(27)15-9-11-26(12-10-15)20-19(16(13-23)22(28)30-14(2)3)24-17-7-5-6-8-18(17)25-20/h5-8,14-16H,4,9-12H2,1-3H3/t16-/m0/s1. The third-order valence-corrected chi connectivity index (χ3v) is 4.98. The van der Waals surface area contributed by atoms with Gasteiger partial charge >= 0.3 is 11.9 Å². The van der Waals surface area contributed by atoms with Gasteiger partial charge in [-0.1, -0.05) is 12.1 Å². The number of nitriles is 1. The van der Waals surface area contributed by atoms with Gasteiger partial charge in [-0.25, -0.2) is 9.97 Å². The number of anilines is 1. The fraction of sp³-hybridized carbons (Fsp3) is 0.500. The van der Waals surface area contributed by atoms with Gasteiger partial charge in [-0.2, -0.15) is 5.26 Å². The van der Waals surface area contributed by atoms with Gasteiger partial charge in [0.25, 0.3) is 0 Å². The molecule has 8 nitrogen and oxygen atoms in total. The van der Waals surface area contributed by atoms with Crippen molar-refractivity contribution in [1.29, 1.82) is 5.26 Å².